The molecule has 0 aromatic heterocycles. The minimum atomic E-state index is -0.292. The van der Waals surface area contributed by atoms with E-state index in [1.54, 1.807) is 38.1 Å². The van der Waals surface area contributed by atoms with E-state index in [9.17, 15) is 9.59 Å². The maximum Gasteiger partial charge on any atom is 0.338 e. The van der Waals surface area contributed by atoms with Crippen LogP contribution in [0.5, 0.6) is 11.5 Å². The van der Waals surface area contributed by atoms with E-state index in [1.807, 2.05) is 48.5 Å². The van der Waals surface area contributed by atoms with Gasteiger partial charge in [-0.3, -0.25) is 0 Å². The molecule has 0 saturated heterocycles. The fraction of sp³-hybridized carbons (Fsp3) is 0.366. The van der Waals surface area contributed by atoms with E-state index in [4.69, 9.17) is 18.9 Å². The van der Waals surface area contributed by atoms with E-state index < -0.39 is 0 Å². The second kappa shape index (κ2) is 19.8. The monoisotopic (exact) mass is 636 g/mol. The summed E-state index contributed by atoms with van der Waals surface area (Å²) in [5.74, 6) is 1.19. The molecule has 0 radical (unpaired) electrons. The van der Waals surface area contributed by atoms with Crippen molar-refractivity contribution in [3.8, 4) is 33.8 Å². The highest BCUT2D eigenvalue weighted by atomic mass is 16.5. The zero-order valence-electron chi connectivity index (χ0n) is 27.9. The maximum absolute atomic E-state index is 11.8. The molecule has 0 unspecified atom stereocenters. The van der Waals surface area contributed by atoms with Crippen molar-refractivity contribution in [2.45, 2.75) is 71.6 Å². The third kappa shape index (κ3) is 11.9. The van der Waals surface area contributed by atoms with Gasteiger partial charge in [-0.1, -0.05) is 93.5 Å². The number of ether oxygens (including phenoxy) is 4. The van der Waals surface area contributed by atoms with Crippen molar-refractivity contribution in [3.05, 3.63) is 108 Å². The van der Waals surface area contributed by atoms with Gasteiger partial charge in [0.05, 0.1) is 37.6 Å². The Hall–Kier alpha value is -4.58. The van der Waals surface area contributed by atoms with Gasteiger partial charge in [-0.2, -0.15) is 0 Å². The largest absolute Gasteiger partial charge is 0.494 e. The lowest BCUT2D eigenvalue weighted by atomic mass is 10.0. The molecule has 0 bridgehead atoms. The van der Waals surface area contributed by atoms with E-state index >= 15 is 0 Å². The van der Waals surface area contributed by atoms with Crippen molar-refractivity contribution < 1.29 is 28.5 Å². The van der Waals surface area contributed by atoms with Crippen molar-refractivity contribution in [3.63, 3.8) is 0 Å². The average molecular weight is 637 g/mol. The van der Waals surface area contributed by atoms with E-state index in [0.717, 1.165) is 59.8 Å². The SMILES string of the molecule is CCOC(=O)c1ccc(-c2ccc(OCCCCCCCCCCCOc3ccc(-c4ccc(C(=O)OCC)cc4)cc3)cc2)cc1. The molecule has 0 fully saturated rings. The molecule has 0 atom stereocenters. The van der Waals surface area contributed by atoms with Crippen LogP contribution in [0.3, 0.4) is 0 Å². The minimum Gasteiger partial charge on any atom is -0.494 e. The molecule has 6 heteroatoms. The Labute approximate surface area is 280 Å². The number of carbonyl (C=O) groups excluding carboxylic acids is 2. The van der Waals surface area contributed by atoms with Crippen LogP contribution in [0.2, 0.25) is 0 Å². The van der Waals surface area contributed by atoms with Crippen molar-refractivity contribution >= 4 is 11.9 Å². The summed E-state index contributed by atoms with van der Waals surface area (Å²) >= 11 is 0. The molecule has 0 aliphatic heterocycles. The quantitative estimate of drug-likeness (QED) is 0.0710. The predicted octanol–water partition coefficient (Wildman–Crippen LogP) is 10.3. The van der Waals surface area contributed by atoms with Crippen molar-refractivity contribution in [1.29, 1.82) is 0 Å². The summed E-state index contributed by atoms with van der Waals surface area (Å²) in [7, 11) is 0. The summed E-state index contributed by atoms with van der Waals surface area (Å²) < 4.78 is 22.0. The van der Waals surface area contributed by atoms with Gasteiger partial charge in [-0.25, -0.2) is 9.59 Å². The van der Waals surface area contributed by atoms with Gasteiger partial charge in [0.15, 0.2) is 0 Å². The molecule has 0 aliphatic carbocycles. The lowest BCUT2D eigenvalue weighted by Crippen LogP contribution is -2.03. The van der Waals surface area contributed by atoms with Gasteiger partial charge in [-0.05, 0) is 97.5 Å². The number of hydrogen-bond acceptors (Lipinski definition) is 6. The third-order valence-corrected chi connectivity index (χ3v) is 7.99. The first-order valence-corrected chi connectivity index (χ1v) is 17.1. The van der Waals surface area contributed by atoms with E-state index in [2.05, 4.69) is 24.3 Å². The Morgan fingerprint density at radius 1 is 0.404 bits per heavy atom. The lowest BCUT2D eigenvalue weighted by Gasteiger charge is -2.09. The molecule has 0 saturated carbocycles. The zero-order valence-corrected chi connectivity index (χ0v) is 27.9. The average Bonchev–Trinajstić information content (AvgIpc) is 3.11. The highest BCUT2D eigenvalue weighted by molar-refractivity contribution is 5.90. The smallest absolute Gasteiger partial charge is 0.338 e. The highest BCUT2D eigenvalue weighted by Crippen LogP contribution is 2.25. The van der Waals surface area contributed by atoms with Crippen molar-refractivity contribution in [1.82, 2.24) is 0 Å². The summed E-state index contributed by atoms with van der Waals surface area (Å²) in [5.41, 5.74) is 5.41. The van der Waals surface area contributed by atoms with Crippen LogP contribution in [0.25, 0.3) is 22.3 Å². The highest BCUT2D eigenvalue weighted by Gasteiger charge is 2.08. The molecule has 4 aromatic carbocycles. The van der Waals surface area contributed by atoms with E-state index in [-0.39, 0.29) is 11.9 Å². The Balaban J connectivity index is 0.983. The predicted molar refractivity (Wildman–Crippen MR) is 188 cm³/mol. The number of carbonyl (C=O) groups is 2. The number of esters is 2. The number of rotatable bonds is 20. The summed E-state index contributed by atoms with van der Waals surface area (Å²) in [4.78, 5) is 23.7. The molecule has 0 aliphatic rings. The van der Waals surface area contributed by atoms with Crippen LogP contribution in [0.1, 0.15) is 92.4 Å². The third-order valence-electron chi connectivity index (χ3n) is 7.99. The van der Waals surface area contributed by atoms with Crippen LogP contribution in [-0.4, -0.2) is 38.4 Å². The fourth-order valence-corrected chi connectivity index (χ4v) is 5.34. The van der Waals surface area contributed by atoms with Crippen LogP contribution in [0.4, 0.5) is 0 Å². The van der Waals surface area contributed by atoms with Gasteiger partial charge in [0.1, 0.15) is 11.5 Å². The second-order valence-electron chi connectivity index (χ2n) is 11.5. The molecule has 4 aromatic rings. The van der Waals surface area contributed by atoms with Crippen molar-refractivity contribution in [2.24, 2.45) is 0 Å². The summed E-state index contributed by atoms with van der Waals surface area (Å²) in [5, 5.41) is 0. The first-order chi connectivity index (χ1) is 23.1. The number of hydrogen-bond donors (Lipinski definition) is 0. The molecule has 0 amide bonds. The molecular weight excluding hydrogens is 588 g/mol. The molecule has 47 heavy (non-hydrogen) atoms. The standard InChI is InChI=1S/C41H48O6/c1-3-44-40(42)36-18-14-32(15-19-36)34-22-26-38(27-23-34)46-30-12-10-8-6-5-7-9-11-13-31-47-39-28-24-35(25-29-39)33-16-20-37(21-17-33)41(43)45-4-2/h14-29H,3-13,30-31H2,1-2H3. The molecule has 0 heterocycles. The molecule has 0 spiro atoms. The molecule has 4 rings (SSSR count). The normalized spacial score (nSPS) is 10.8. The van der Waals surface area contributed by atoms with Crippen molar-refractivity contribution in [2.75, 3.05) is 26.4 Å². The molecular formula is C41H48O6. The van der Waals surface area contributed by atoms with Gasteiger partial charge in [0.2, 0.25) is 0 Å². The number of benzene rings is 4. The lowest BCUT2D eigenvalue weighted by molar-refractivity contribution is 0.0517. The van der Waals surface area contributed by atoms with Gasteiger partial charge in [-0.15, -0.1) is 0 Å². The van der Waals surface area contributed by atoms with Gasteiger partial charge in [0, 0.05) is 0 Å². The summed E-state index contributed by atoms with van der Waals surface area (Å²) in [6, 6.07) is 31.2. The first kappa shape index (κ1) is 35.3. The van der Waals surface area contributed by atoms with Gasteiger partial charge in [0.25, 0.3) is 0 Å². The van der Waals surface area contributed by atoms with Crippen LogP contribution < -0.4 is 9.47 Å². The second-order valence-corrected chi connectivity index (χ2v) is 11.5. The molecule has 0 N–H and O–H groups in total. The van der Waals surface area contributed by atoms with Gasteiger partial charge < -0.3 is 18.9 Å². The van der Waals surface area contributed by atoms with Crippen LogP contribution in [-0.2, 0) is 9.47 Å². The molecule has 6 nitrogen and oxygen atoms in total. The van der Waals surface area contributed by atoms with Crippen LogP contribution >= 0.6 is 0 Å². The molecule has 248 valence electrons. The maximum atomic E-state index is 11.8. The number of unbranched alkanes of at least 4 members (excludes halogenated alkanes) is 8. The Kier molecular flexibility index (Phi) is 14.9. The fourth-order valence-electron chi connectivity index (χ4n) is 5.34. The first-order valence-electron chi connectivity index (χ1n) is 17.1. The van der Waals surface area contributed by atoms with Gasteiger partial charge >= 0.3 is 11.9 Å². The Bertz CT molecular complexity index is 1360. The van der Waals surface area contributed by atoms with Crippen LogP contribution in [0, 0.1) is 0 Å². The Morgan fingerprint density at radius 3 is 0.979 bits per heavy atom. The minimum absolute atomic E-state index is 0.292. The zero-order chi connectivity index (χ0) is 33.1. The van der Waals surface area contributed by atoms with E-state index in [1.165, 1.54) is 44.9 Å². The van der Waals surface area contributed by atoms with E-state index in [0.29, 0.717) is 24.3 Å². The summed E-state index contributed by atoms with van der Waals surface area (Å²) in [6.45, 7) is 5.84. The Morgan fingerprint density at radius 2 is 0.681 bits per heavy atom. The summed E-state index contributed by atoms with van der Waals surface area (Å²) in [6.07, 6.45) is 10.8. The van der Waals surface area contributed by atoms with Crippen LogP contribution in [0.15, 0.2) is 97.1 Å². The topological polar surface area (TPSA) is 71.1 Å².